The highest BCUT2D eigenvalue weighted by molar-refractivity contribution is 5.78. The number of rotatable bonds is 8. The number of unbranched alkanes of at least 4 members (excludes halogenated alkanes) is 2. The van der Waals surface area contributed by atoms with Crippen LogP contribution in [0.1, 0.15) is 46.5 Å². The van der Waals surface area contributed by atoms with Crippen LogP contribution in [0.5, 0.6) is 0 Å². The van der Waals surface area contributed by atoms with Crippen LogP contribution < -0.4 is 5.32 Å². The average molecular weight is 284 g/mol. The normalized spacial score (nSPS) is 24.6. The molecule has 3 atom stereocenters. The van der Waals surface area contributed by atoms with Crippen molar-refractivity contribution in [1.29, 1.82) is 0 Å². The standard InChI is InChI=1S/C15H28N2O3/c1-4-5-6-7-12(3)16-14(18)10-17-8-11(2)13(9-17)15(19)20/h11-13H,4-10H2,1-3H3,(H,16,18)(H,19,20). The van der Waals surface area contributed by atoms with Gasteiger partial charge in [0, 0.05) is 19.1 Å². The van der Waals surface area contributed by atoms with E-state index in [2.05, 4.69) is 12.2 Å². The van der Waals surface area contributed by atoms with Gasteiger partial charge in [-0.3, -0.25) is 14.5 Å². The fraction of sp³-hybridized carbons (Fsp3) is 0.867. The highest BCUT2D eigenvalue weighted by atomic mass is 16.4. The van der Waals surface area contributed by atoms with Gasteiger partial charge in [0.25, 0.3) is 0 Å². The first-order valence-electron chi connectivity index (χ1n) is 7.68. The minimum Gasteiger partial charge on any atom is -0.481 e. The fourth-order valence-electron chi connectivity index (χ4n) is 2.81. The zero-order chi connectivity index (χ0) is 15.1. The summed E-state index contributed by atoms with van der Waals surface area (Å²) < 4.78 is 0. The van der Waals surface area contributed by atoms with Crippen LogP contribution in [0, 0.1) is 11.8 Å². The predicted molar refractivity (Wildman–Crippen MR) is 78.5 cm³/mol. The maximum Gasteiger partial charge on any atom is 0.308 e. The van der Waals surface area contributed by atoms with Crippen molar-refractivity contribution in [3.63, 3.8) is 0 Å². The molecule has 3 unspecified atom stereocenters. The minimum atomic E-state index is -0.756. The van der Waals surface area contributed by atoms with Gasteiger partial charge in [0.1, 0.15) is 0 Å². The molecule has 0 saturated carbocycles. The molecular formula is C15H28N2O3. The number of carbonyl (C=O) groups is 2. The van der Waals surface area contributed by atoms with Crippen molar-refractivity contribution in [2.45, 2.75) is 52.5 Å². The Bertz CT molecular complexity index is 333. The molecule has 1 saturated heterocycles. The number of aliphatic carboxylic acids is 1. The second kappa shape index (κ2) is 8.25. The van der Waals surface area contributed by atoms with Crippen molar-refractivity contribution in [1.82, 2.24) is 10.2 Å². The molecule has 0 aliphatic carbocycles. The Morgan fingerprint density at radius 3 is 2.60 bits per heavy atom. The molecule has 2 N–H and O–H groups in total. The molecule has 20 heavy (non-hydrogen) atoms. The summed E-state index contributed by atoms with van der Waals surface area (Å²) in [5.74, 6) is -0.979. The lowest BCUT2D eigenvalue weighted by Gasteiger charge is -2.18. The molecule has 1 rings (SSSR count). The highest BCUT2D eigenvalue weighted by Gasteiger charge is 2.35. The van der Waals surface area contributed by atoms with E-state index in [-0.39, 0.29) is 23.8 Å². The van der Waals surface area contributed by atoms with Crippen LogP contribution in [0.3, 0.4) is 0 Å². The molecule has 1 fully saturated rings. The van der Waals surface area contributed by atoms with Crippen LogP contribution in [0.2, 0.25) is 0 Å². The molecule has 0 aromatic carbocycles. The molecular weight excluding hydrogens is 256 g/mol. The van der Waals surface area contributed by atoms with Gasteiger partial charge in [-0.15, -0.1) is 0 Å². The van der Waals surface area contributed by atoms with Gasteiger partial charge in [0.2, 0.25) is 5.91 Å². The number of carboxylic acids is 1. The minimum absolute atomic E-state index is 0.00670. The largest absolute Gasteiger partial charge is 0.481 e. The zero-order valence-corrected chi connectivity index (χ0v) is 12.9. The van der Waals surface area contributed by atoms with Gasteiger partial charge in [-0.1, -0.05) is 33.1 Å². The Morgan fingerprint density at radius 1 is 1.35 bits per heavy atom. The number of carboxylic acid groups (broad SMARTS) is 1. The smallest absolute Gasteiger partial charge is 0.308 e. The zero-order valence-electron chi connectivity index (χ0n) is 12.9. The number of hydrogen-bond donors (Lipinski definition) is 2. The van der Waals surface area contributed by atoms with Crippen molar-refractivity contribution in [3.8, 4) is 0 Å². The van der Waals surface area contributed by atoms with Gasteiger partial charge < -0.3 is 10.4 Å². The molecule has 0 aromatic heterocycles. The summed E-state index contributed by atoms with van der Waals surface area (Å²) in [6.07, 6.45) is 4.53. The molecule has 116 valence electrons. The predicted octanol–water partition coefficient (Wildman–Crippen LogP) is 1.72. The van der Waals surface area contributed by atoms with Gasteiger partial charge in [0.05, 0.1) is 12.5 Å². The maximum atomic E-state index is 11.9. The molecule has 1 aliphatic rings. The third-order valence-corrected chi connectivity index (χ3v) is 4.02. The first-order chi connectivity index (χ1) is 9.43. The van der Waals surface area contributed by atoms with Crippen LogP contribution in [0.15, 0.2) is 0 Å². The molecule has 0 radical (unpaired) electrons. The number of nitrogens with one attached hydrogen (secondary N) is 1. The van der Waals surface area contributed by atoms with Crippen LogP contribution in [0.4, 0.5) is 0 Å². The van der Waals surface area contributed by atoms with Crippen LogP contribution >= 0.6 is 0 Å². The average Bonchev–Trinajstić information content (AvgIpc) is 2.70. The Labute approximate surface area is 121 Å². The van der Waals surface area contributed by atoms with E-state index in [1.54, 1.807) is 0 Å². The van der Waals surface area contributed by atoms with E-state index in [0.717, 1.165) is 12.8 Å². The summed E-state index contributed by atoms with van der Waals surface area (Å²) in [7, 11) is 0. The Hall–Kier alpha value is -1.10. The molecule has 0 bridgehead atoms. The van der Waals surface area contributed by atoms with Gasteiger partial charge in [0.15, 0.2) is 0 Å². The number of carbonyl (C=O) groups excluding carboxylic acids is 1. The number of amides is 1. The Balaban J connectivity index is 2.27. The lowest BCUT2D eigenvalue weighted by atomic mass is 9.99. The SMILES string of the molecule is CCCCCC(C)NC(=O)CN1CC(C)C(C(=O)O)C1. The van der Waals surface area contributed by atoms with E-state index >= 15 is 0 Å². The summed E-state index contributed by atoms with van der Waals surface area (Å²) in [4.78, 5) is 24.9. The molecule has 1 amide bonds. The summed E-state index contributed by atoms with van der Waals surface area (Å²) in [5.41, 5.74) is 0. The van der Waals surface area contributed by atoms with E-state index < -0.39 is 5.97 Å². The Morgan fingerprint density at radius 2 is 2.05 bits per heavy atom. The second-order valence-corrected chi connectivity index (χ2v) is 6.08. The van der Waals surface area contributed by atoms with Crippen LogP contribution in [0.25, 0.3) is 0 Å². The van der Waals surface area contributed by atoms with E-state index in [1.807, 2.05) is 18.7 Å². The molecule has 0 aromatic rings. The number of likely N-dealkylation sites (tertiary alicyclic amines) is 1. The summed E-state index contributed by atoms with van der Waals surface area (Å²) in [6.45, 7) is 7.61. The van der Waals surface area contributed by atoms with Crippen LogP contribution in [-0.2, 0) is 9.59 Å². The van der Waals surface area contributed by atoms with Crippen LogP contribution in [-0.4, -0.2) is 47.6 Å². The van der Waals surface area contributed by atoms with E-state index in [0.29, 0.717) is 19.6 Å². The third kappa shape index (κ3) is 5.49. The number of hydrogen-bond acceptors (Lipinski definition) is 3. The Kier molecular flexibility index (Phi) is 6.99. The third-order valence-electron chi connectivity index (χ3n) is 4.02. The van der Waals surface area contributed by atoms with Gasteiger partial charge in [-0.25, -0.2) is 0 Å². The van der Waals surface area contributed by atoms with Crippen molar-refractivity contribution in [2.75, 3.05) is 19.6 Å². The molecule has 1 aliphatic heterocycles. The van der Waals surface area contributed by atoms with E-state index in [9.17, 15) is 9.59 Å². The van der Waals surface area contributed by atoms with Crippen molar-refractivity contribution in [2.24, 2.45) is 11.8 Å². The first-order valence-corrected chi connectivity index (χ1v) is 7.68. The summed E-state index contributed by atoms with van der Waals surface area (Å²) >= 11 is 0. The van der Waals surface area contributed by atoms with E-state index in [1.165, 1.54) is 12.8 Å². The monoisotopic (exact) mass is 284 g/mol. The highest BCUT2D eigenvalue weighted by Crippen LogP contribution is 2.22. The lowest BCUT2D eigenvalue weighted by molar-refractivity contribution is -0.142. The quantitative estimate of drug-likeness (QED) is 0.666. The van der Waals surface area contributed by atoms with Gasteiger partial charge >= 0.3 is 5.97 Å². The van der Waals surface area contributed by atoms with Crippen molar-refractivity contribution < 1.29 is 14.7 Å². The molecule has 5 nitrogen and oxygen atoms in total. The second-order valence-electron chi connectivity index (χ2n) is 6.08. The topological polar surface area (TPSA) is 69.6 Å². The van der Waals surface area contributed by atoms with Gasteiger partial charge in [-0.2, -0.15) is 0 Å². The maximum absolute atomic E-state index is 11.9. The van der Waals surface area contributed by atoms with Gasteiger partial charge in [-0.05, 0) is 19.3 Å². The number of nitrogens with zero attached hydrogens (tertiary/aromatic N) is 1. The van der Waals surface area contributed by atoms with E-state index in [4.69, 9.17) is 5.11 Å². The molecule has 0 spiro atoms. The summed E-state index contributed by atoms with van der Waals surface area (Å²) in [5, 5.41) is 12.1. The lowest BCUT2D eigenvalue weighted by Crippen LogP contribution is -2.40. The molecule has 5 heteroatoms. The van der Waals surface area contributed by atoms with Crippen molar-refractivity contribution in [3.05, 3.63) is 0 Å². The van der Waals surface area contributed by atoms with Crippen molar-refractivity contribution >= 4 is 11.9 Å². The fourth-order valence-corrected chi connectivity index (χ4v) is 2.81. The first kappa shape index (κ1) is 17.0. The molecule has 1 heterocycles. The summed E-state index contributed by atoms with van der Waals surface area (Å²) in [6, 6.07) is 0.198.